The van der Waals surface area contributed by atoms with Gasteiger partial charge in [0.05, 0.1) is 0 Å². The highest BCUT2D eigenvalue weighted by Gasteiger charge is 2.18. The first-order chi connectivity index (χ1) is 19.3. The third-order valence-corrected chi connectivity index (χ3v) is 9.24. The van der Waals surface area contributed by atoms with Crippen LogP contribution in [0.25, 0.3) is 0 Å². The van der Waals surface area contributed by atoms with E-state index in [1.165, 1.54) is 200 Å². The molecule has 1 aliphatic heterocycles. The van der Waals surface area contributed by atoms with Gasteiger partial charge >= 0.3 is 0 Å². The highest BCUT2D eigenvalue weighted by atomic mass is 15.1. The SMILES string of the molecule is CCCCCCCCCNC(CCCCCCCCC)CN(CCCCCCCCC)CCC1CCNCC1. The van der Waals surface area contributed by atoms with Crippen LogP contribution in [0.5, 0.6) is 0 Å². The van der Waals surface area contributed by atoms with Crippen molar-refractivity contribution in [3.8, 4) is 0 Å². The zero-order chi connectivity index (χ0) is 28.1. The van der Waals surface area contributed by atoms with Gasteiger partial charge in [-0.1, -0.05) is 143 Å². The molecule has 3 heteroatoms. The molecule has 0 aromatic heterocycles. The number of nitrogens with one attached hydrogen (secondary N) is 2. The molecule has 1 saturated heterocycles. The van der Waals surface area contributed by atoms with Crippen molar-refractivity contribution in [2.75, 3.05) is 39.3 Å². The zero-order valence-electron chi connectivity index (χ0n) is 27.5. The summed E-state index contributed by atoms with van der Waals surface area (Å²) in [6.07, 6.45) is 35.4. The van der Waals surface area contributed by atoms with Crippen molar-refractivity contribution in [3.05, 3.63) is 0 Å². The Hall–Kier alpha value is -0.120. The van der Waals surface area contributed by atoms with Crippen LogP contribution in [0, 0.1) is 5.92 Å². The minimum absolute atomic E-state index is 0.693. The molecule has 1 fully saturated rings. The van der Waals surface area contributed by atoms with Gasteiger partial charge in [-0.2, -0.15) is 0 Å². The normalized spacial score (nSPS) is 15.4. The van der Waals surface area contributed by atoms with Crippen LogP contribution in [0.3, 0.4) is 0 Å². The molecule has 0 saturated carbocycles. The minimum atomic E-state index is 0.693. The number of piperidine rings is 1. The second-order valence-electron chi connectivity index (χ2n) is 13.1. The quantitative estimate of drug-likeness (QED) is 0.0873. The maximum Gasteiger partial charge on any atom is 0.0195 e. The largest absolute Gasteiger partial charge is 0.317 e. The number of unbranched alkanes of at least 4 members (excludes halogenated alkanes) is 18. The predicted molar refractivity (Wildman–Crippen MR) is 177 cm³/mol. The molecule has 0 amide bonds. The Balaban J connectivity index is 2.50. The van der Waals surface area contributed by atoms with E-state index in [1.807, 2.05) is 0 Å². The summed E-state index contributed by atoms with van der Waals surface area (Å²) in [5.41, 5.74) is 0. The predicted octanol–water partition coefficient (Wildman–Crippen LogP) is 10.3. The molecule has 0 spiro atoms. The van der Waals surface area contributed by atoms with Crippen LogP contribution in [0.1, 0.15) is 181 Å². The van der Waals surface area contributed by atoms with Gasteiger partial charge in [0.15, 0.2) is 0 Å². The average Bonchev–Trinajstić information content (AvgIpc) is 2.96. The third-order valence-electron chi connectivity index (χ3n) is 9.24. The van der Waals surface area contributed by atoms with E-state index in [0.717, 1.165) is 5.92 Å². The Morgan fingerprint density at radius 3 is 1.64 bits per heavy atom. The molecule has 39 heavy (non-hydrogen) atoms. The summed E-state index contributed by atoms with van der Waals surface area (Å²) in [7, 11) is 0. The third kappa shape index (κ3) is 24.2. The molecule has 2 N–H and O–H groups in total. The minimum Gasteiger partial charge on any atom is -0.317 e. The molecule has 1 unspecified atom stereocenters. The van der Waals surface area contributed by atoms with Gasteiger partial charge in [-0.15, -0.1) is 0 Å². The van der Waals surface area contributed by atoms with E-state index < -0.39 is 0 Å². The summed E-state index contributed by atoms with van der Waals surface area (Å²) in [4.78, 5) is 2.89. The lowest BCUT2D eigenvalue weighted by Crippen LogP contribution is -2.43. The molecule has 0 bridgehead atoms. The molecule has 0 aromatic rings. The highest BCUT2D eigenvalue weighted by molar-refractivity contribution is 4.76. The molecular weight excluding hydrogens is 474 g/mol. The van der Waals surface area contributed by atoms with Gasteiger partial charge in [0.25, 0.3) is 0 Å². The van der Waals surface area contributed by atoms with Crippen LogP contribution < -0.4 is 10.6 Å². The Labute approximate surface area is 247 Å². The van der Waals surface area contributed by atoms with E-state index in [9.17, 15) is 0 Å². The van der Waals surface area contributed by atoms with Crippen molar-refractivity contribution < 1.29 is 0 Å². The van der Waals surface area contributed by atoms with Crippen LogP contribution in [0.2, 0.25) is 0 Å². The molecule has 0 radical (unpaired) electrons. The molecule has 1 atom stereocenters. The number of hydrogen-bond acceptors (Lipinski definition) is 3. The second-order valence-corrected chi connectivity index (χ2v) is 13.1. The first-order valence-corrected chi connectivity index (χ1v) is 18.5. The fraction of sp³-hybridized carbons (Fsp3) is 1.00. The molecule has 1 heterocycles. The van der Waals surface area contributed by atoms with Crippen LogP contribution in [0.15, 0.2) is 0 Å². The summed E-state index contributed by atoms with van der Waals surface area (Å²) in [6, 6.07) is 0.693. The van der Waals surface area contributed by atoms with Crippen LogP contribution in [-0.4, -0.2) is 50.2 Å². The Kier molecular flexibility index (Phi) is 27.8. The first kappa shape index (κ1) is 36.9. The lowest BCUT2D eigenvalue weighted by molar-refractivity contribution is 0.204. The van der Waals surface area contributed by atoms with Gasteiger partial charge in [0.1, 0.15) is 0 Å². The fourth-order valence-corrected chi connectivity index (χ4v) is 6.43. The van der Waals surface area contributed by atoms with Gasteiger partial charge < -0.3 is 15.5 Å². The highest BCUT2D eigenvalue weighted by Crippen LogP contribution is 2.18. The van der Waals surface area contributed by atoms with Crippen molar-refractivity contribution in [1.29, 1.82) is 0 Å². The fourth-order valence-electron chi connectivity index (χ4n) is 6.43. The summed E-state index contributed by atoms with van der Waals surface area (Å²) < 4.78 is 0. The molecule has 1 aliphatic rings. The van der Waals surface area contributed by atoms with Crippen LogP contribution in [-0.2, 0) is 0 Å². The average molecular weight is 550 g/mol. The van der Waals surface area contributed by atoms with E-state index >= 15 is 0 Å². The molecular formula is C36H75N3. The van der Waals surface area contributed by atoms with Crippen LogP contribution in [0.4, 0.5) is 0 Å². The van der Waals surface area contributed by atoms with Gasteiger partial charge in [-0.3, -0.25) is 0 Å². The summed E-state index contributed by atoms with van der Waals surface area (Å²) in [5.74, 6) is 0.949. The molecule has 3 nitrogen and oxygen atoms in total. The number of rotatable bonds is 30. The number of nitrogens with zero attached hydrogens (tertiary/aromatic N) is 1. The number of hydrogen-bond donors (Lipinski definition) is 2. The molecule has 0 aromatic carbocycles. The maximum atomic E-state index is 4.07. The molecule has 1 rings (SSSR count). The Morgan fingerprint density at radius 1 is 0.590 bits per heavy atom. The second kappa shape index (κ2) is 29.4. The standard InChI is InChI=1S/C36H75N3/c1-4-7-10-13-16-19-22-25-36(38-29-23-20-17-14-11-8-5-2)34-39(32-24-21-18-15-12-9-6-3)33-28-35-26-30-37-31-27-35/h35-38H,4-34H2,1-3H3. The Bertz CT molecular complexity index is 462. The van der Waals surface area contributed by atoms with E-state index in [2.05, 4.69) is 36.3 Å². The van der Waals surface area contributed by atoms with Gasteiger partial charge in [-0.05, 0) is 77.2 Å². The summed E-state index contributed by atoms with van der Waals surface area (Å²) >= 11 is 0. The van der Waals surface area contributed by atoms with Gasteiger partial charge in [0.2, 0.25) is 0 Å². The summed E-state index contributed by atoms with van der Waals surface area (Å²) in [5, 5.41) is 7.64. The van der Waals surface area contributed by atoms with Crippen molar-refractivity contribution >= 4 is 0 Å². The van der Waals surface area contributed by atoms with Crippen molar-refractivity contribution in [2.45, 2.75) is 187 Å². The first-order valence-electron chi connectivity index (χ1n) is 18.5. The van der Waals surface area contributed by atoms with E-state index in [0.29, 0.717) is 6.04 Å². The van der Waals surface area contributed by atoms with Crippen LogP contribution >= 0.6 is 0 Å². The zero-order valence-corrected chi connectivity index (χ0v) is 27.5. The van der Waals surface area contributed by atoms with Crippen molar-refractivity contribution in [2.24, 2.45) is 5.92 Å². The smallest absolute Gasteiger partial charge is 0.0195 e. The van der Waals surface area contributed by atoms with E-state index in [-0.39, 0.29) is 0 Å². The lowest BCUT2D eigenvalue weighted by Gasteiger charge is -2.31. The van der Waals surface area contributed by atoms with Crippen molar-refractivity contribution in [1.82, 2.24) is 15.5 Å². The van der Waals surface area contributed by atoms with Gasteiger partial charge in [-0.25, -0.2) is 0 Å². The lowest BCUT2D eigenvalue weighted by atomic mass is 9.94. The molecule has 234 valence electrons. The van der Waals surface area contributed by atoms with Crippen molar-refractivity contribution in [3.63, 3.8) is 0 Å². The monoisotopic (exact) mass is 550 g/mol. The van der Waals surface area contributed by atoms with E-state index in [1.54, 1.807) is 0 Å². The molecule has 0 aliphatic carbocycles. The summed E-state index contributed by atoms with van der Waals surface area (Å²) in [6.45, 7) is 14.6. The maximum absolute atomic E-state index is 4.07. The topological polar surface area (TPSA) is 27.3 Å². The van der Waals surface area contributed by atoms with Gasteiger partial charge in [0, 0.05) is 12.6 Å². The van der Waals surface area contributed by atoms with E-state index in [4.69, 9.17) is 0 Å². The Morgan fingerprint density at radius 2 is 1.08 bits per heavy atom.